The van der Waals surface area contributed by atoms with Crippen LogP contribution in [0.1, 0.15) is 5.82 Å². The maximum Gasteiger partial charge on any atom is 0.228 e. The molecule has 0 bridgehead atoms. The van der Waals surface area contributed by atoms with Crippen molar-refractivity contribution in [1.82, 2.24) is 29.8 Å². The molecule has 124 valence electrons. The molecule has 0 atom stereocenters. The Morgan fingerprint density at radius 1 is 1.21 bits per heavy atom. The van der Waals surface area contributed by atoms with Crippen LogP contribution >= 0.6 is 0 Å². The molecule has 1 fully saturated rings. The molecule has 1 saturated heterocycles. The van der Waals surface area contributed by atoms with Gasteiger partial charge in [-0.05, 0) is 19.1 Å². The molecule has 0 aliphatic carbocycles. The molecule has 9 heteroatoms. The Bertz CT molecular complexity index is 873. The molecule has 24 heavy (non-hydrogen) atoms. The highest BCUT2D eigenvalue weighted by Gasteiger charge is 2.32. The van der Waals surface area contributed by atoms with Crippen LogP contribution in [0.2, 0.25) is 0 Å². The van der Waals surface area contributed by atoms with Gasteiger partial charge in [-0.15, -0.1) is 15.3 Å². The number of aryl methyl sites for hydroxylation is 1. The lowest BCUT2D eigenvalue weighted by molar-refractivity contribution is 0.395. The topological polar surface area (TPSA) is 84.6 Å². The van der Waals surface area contributed by atoms with Gasteiger partial charge >= 0.3 is 0 Å². The Kier molecular flexibility index (Phi) is 3.40. The zero-order valence-corrected chi connectivity index (χ0v) is 13.8. The van der Waals surface area contributed by atoms with Gasteiger partial charge in [-0.25, -0.2) is 4.98 Å². The van der Waals surface area contributed by atoms with Crippen molar-refractivity contribution in [2.75, 3.05) is 37.0 Å². The molecule has 0 N–H and O–H groups in total. The van der Waals surface area contributed by atoms with Crippen LogP contribution in [0, 0.1) is 6.92 Å². The zero-order chi connectivity index (χ0) is 16.7. The fourth-order valence-electron chi connectivity index (χ4n) is 2.72. The molecule has 0 amide bonds. The van der Waals surface area contributed by atoms with E-state index in [2.05, 4.69) is 35.1 Å². The minimum absolute atomic E-state index is 0.330. The van der Waals surface area contributed by atoms with E-state index in [9.17, 15) is 0 Å². The van der Waals surface area contributed by atoms with Gasteiger partial charge in [0.15, 0.2) is 11.5 Å². The van der Waals surface area contributed by atoms with Crippen molar-refractivity contribution < 1.29 is 4.74 Å². The van der Waals surface area contributed by atoms with E-state index >= 15 is 0 Å². The Morgan fingerprint density at radius 3 is 2.83 bits per heavy atom. The summed E-state index contributed by atoms with van der Waals surface area (Å²) in [6.07, 6.45) is 1.71. The van der Waals surface area contributed by atoms with Gasteiger partial charge in [0, 0.05) is 32.4 Å². The number of hydrogen-bond acceptors (Lipinski definition) is 8. The molecule has 0 unspecified atom stereocenters. The van der Waals surface area contributed by atoms with Crippen LogP contribution in [-0.4, -0.2) is 63.1 Å². The van der Waals surface area contributed by atoms with Gasteiger partial charge in [0.2, 0.25) is 11.8 Å². The molecular formula is C15H18N8O. The zero-order valence-electron chi connectivity index (χ0n) is 13.8. The summed E-state index contributed by atoms with van der Waals surface area (Å²) in [5, 5.41) is 12.7. The van der Waals surface area contributed by atoms with Crippen molar-refractivity contribution in [1.29, 1.82) is 0 Å². The number of aromatic nitrogens is 6. The maximum absolute atomic E-state index is 5.16. The van der Waals surface area contributed by atoms with E-state index in [1.807, 2.05) is 26.1 Å². The average Bonchev–Trinajstić information content (AvgIpc) is 2.94. The quantitative estimate of drug-likeness (QED) is 0.687. The van der Waals surface area contributed by atoms with Gasteiger partial charge in [0.1, 0.15) is 5.82 Å². The summed E-state index contributed by atoms with van der Waals surface area (Å²) in [6, 6.07) is 5.98. The highest BCUT2D eigenvalue weighted by Crippen LogP contribution is 2.24. The Balaban J connectivity index is 1.47. The number of anilines is 2. The number of hydrogen-bond donors (Lipinski definition) is 0. The lowest BCUT2D eigenvalue weighted by Crippen LogP contribution is -2.59. The SMILES string of the molecule is COc1ccnc(N(C)C2CN(c3ccc4nnc(C)n4n3)C2)n1. The smallest absolute Gasteiger partial charge is 0.228 e. The van der Waals surface area contributed by atoms with E-state index in [1.165, 1.54) is 0 Å². The number of fused-ring (bicyclic) bond motifs is 1. The number of rotatable bonds is 4. The monoisotopic (exact) mass is 326 g/mol. The predicted molar refractivity (Wildman–Crippen MR) is 88.5 cm³/mol. The maximum atomic E-state index is 5.16. The van der Waals surface area contributed by atoms with Crippen molar-refractivity contribution in [3.05, 3.63) is 30.2 Å². The lowest BCUT2D eigenvalue weighted by atomic mass is 10.1. The van der Waals surface area contributed by atoms with Crippen LogP contribution < -0.4 is 14.5 Å². The Hall–Kier alpha value is -2.97. The standard InChI is InChI=1S/C15H18N8O/c1-10-18-19-12-4-5-13(20-23(10)12)22-8-11(9-22)21(2)15-16-7-6-14(17-15)24-3/h4-7,11H,8-9H2,1-3H3. The number of methoxy groups -OCH3 is 1. The molecule has 0 saturated carbocycles. The van der Waals surface area contributed by atoms with Crippen LogP contribution in [0.15, 0.2) is 24.4 Å². The van der Waals surface area contributed by atoms with Crippen molar-refractivity contribution >= 4 is 17.4 Å². The fraction of sp³-hybridized carbons (Fsp3) is 0.400. The molecule has 0 radical (unpaired) electrons. The van der Waals surface area contributed by atoms with Gasteiger partial charge in [-0.3, -0.25) is 0 Å². The number of nitrogens with zero attached hydrogens (tertiary/aromatic N) is 8. The van der Waals surface area contributed by atoms with Gasteiger partial charge in [-0.1, -0.05) is 0 Å². The van der Waals surface area contributed by atoms with E-state index in [4.69, 9.17) is 4.74 Å². The first-order valence-electron chi connectivity index (χ1n) is 7.69. The first-order valence-corrected chi connectivity index (χ1v) is 7.69. The predicted octanol–water partition coefficient (Wildman–Crippen LogP) is 0.556. The van der Waals surface area contributed by atoms with E-state index in [1.54, 1.807) is 23.9 Å². The highest BCUT2D eigenvalue weighted by molar-refractivity contribution is 5.49. The van der Waals surface area contributed by atoms with Crippen LogP contribution in [0.4, 0.5) is 11.8 Å². The Morgan fingerprint density at radius 2 is 2.04 bits per heavy atom. The Labute approximate surface area is 138 Å². The molecular weight excluding hydrogens is 308 g/mol. The van der Waals surface area contributed by atoms with E-state index in [0.29, 0.717) is 17.9 Å². The van der Waals surface area contributed by atoms with Gasteiger partial charge in [0.05, 0.1) is 13.2 Å². The van der Waals surface area contributed by atoms with Crippen molar-refractivity contribution in [2.24, 2.45) is 0 Å². The second-order valence-corrected chi connectivity index (χ2v) is 5.78. The van der Waals surface area contributed by atoms with Crippen molar-refractivity contribution in [2.45, 2.75) is 13.0 Å². The molecule has 4 heterocycles. The summed E-state index contributed by atoms with van der Waals surface area (Å²) in [5.74, 6) is 2.93. The molecule has 4 rings (SSSR count). The van der Waals surface area contributed by atoms with Crippen LogP contribution in [0.25, 0.3) is 5.65 Å². The molecule has 0 aromatic carbocycles. The van der Waals surface area contributed by atoms with Crippen molar-refractivity contribution in [3.8, 4) is 5.88 Å². The van der Waals surface area contributed by atoms with Crippen molar-refractivity contribution in [3.63, 3.8) is 0 Å². The van der Waals surface area contributed by atoms with E-state index in [0.717, 1.165) is 30.4 Å². The summed E-state index contributed by atoms with van der Waals surface area (Å²) < 4.78 is 6.92. The summed E-state index contributed by atoms with van der Waals surface area (Å²) in [6.45, 7) is 3.61. The minimum Gasteiger partial charge on any atom is -0.481 e. The summed E-state index contributed by atoms with van der Waals surface area (Å²) >= 11 is 0. The third-order valence-corrected chi connectivity index (χ3v) is 4.28. The largest absolute Gasteiger partial charge is 0.481 e. The average molecular weight is 326 g/mol. The molecule has 1 aliphatic heterocycles. The molecule has 1 aliphatic rings. The normalized spacial score (nSPS) is 14.7. The third-order valence-electron chi connectivity index (χ3n) is 4.28. The van der Waals surface area contributed by atoms with Crippen LogP contribution in [-0.2, 0) is 0 Å². The second-order valence-electron chi connectivity index (χ2n) is 5.78. The summed E-state index contributed by atoms with van der Waals surface area (Å²) in [5.41, 5.74) is 0.759. The number of ether oxygens (including phenoxy) is 1. The first-order chi connectivity index (χ1) is 11.7. The van der Waals surface area contributed by atoms with Crippen LogP contribution in [0.3, 0.4) is 0 Å². The van der Waals surface area contributed by atoms with Gasteiger partial charge < -0.3 is 14.5 Å². The minimum atomic E-state index is 0.330. The van der Waals surface area contributed by atoms with Gasteiger partial charge in [0.25, 0.3) is 0 Å². The number of likely N-dealkylation sites (N-methyl/N-ethyl adjacent to an activating group) is 1. The fourth-order valence-corrected chi connectivity index (χ4v) is 2.72. The van der Waals surface area contributed by atoms with E-state index in [-0.39, 0.29) is 0 Å². The summed E-state index contributed by atoms with van der Waals surface area (Å²) in [7, 11) is 3.60. The molecule has 3 aromatic rings. The second kappa shape index (κ2) is 5.59. The summed E-state index contributed by atoms with van der Waals surface area (Å²) in [4.78, 5) is 13.0. The highest BCUT2D eigenvalue weighted by atomic mass is 16.5. The molecule has 9 nitrogen and oxygen atoms in total. The lowest BCUT2D eigenvalue weighted by Gasteiger charge is -2.44. The van der Waals surface area contributed by atoms with E-state index < -0.39 is 0 Å². The molecule has 0 spiro atoms. The van der Waals surface area contributed by atoms with Gasteiger partial charge in [-0.2, -0.15) is 9.50 Å². The third kappa shape index (κ3) is 2.38. The molecule has 3 aromatic heterocycles. The first kappa shape index (κ1) is 14.6. The van der Waals surface area contributed by atoms with Crippen LogP contribution in [0.5, 0.6) is 5.88 Å².